The Balaban J connectivity index is 2.07. The van der Waals surface area contributed by atoms with Crippen LogP contribution >= 0.6 is 0 Å². The van der Waals surface area contributed by atoms with Gasteiger partial charge in [-0.1, -0.05) is 13.8 Å². The summed E-state index contributed by atoms with van der Waals surface area (Å²) in [7, 11) is 0. The summed E-state index contributed by atoms with van der Waals surface area (Å²) in [5, 5.41) is 7.49. The number of benzene rings is 1. The zero-order valence-electron chi connectivity index (χ0n) is 12.0. The van der Waals surface area contributed by atoms with Crippen molar-refractivity contribution in [3.8, 4) is 0 Å². The van der Waals surface area contributed by atoms with Gasteiger partial charge in [0.15, 0.2) is 0 Å². The number of aryl methyl sites for hydroxylation is 1. The zero-order valence-corrected chi connectivity index (χ0v) is 12.0. The highest BCUT2D eigenvalue weighted by atomic mass is 19.1. The van der Waals surface area contributed by atoms with Crippen molar-refractivity contribution in [1.82, 2.24) is 9.78 Å². The molecule has 1 aromatic heterocycles. The maximum atomic E-state index is 13.5. The van der Waals surface area contributed by atoms with E-state index in [0.717, 1.165) is 30.1 Å². The van der Waals surface area contributed by atoms with Crippen molar-refractivity contribution in [2.24, 2.45) is 5.92 Å². The fourth-order valence-corrected chi connectivity index (χ4v) is 2.03. The van der Waals surface area contributed by atoms with E-state index in [9.17, 15) is 8.78 Å². The molecule has 1 aromatic carbocycles. The van der Waals surface area contributed by atoms with Gasteiger partial charge in [0.25, 0.3) is 0 Å². The first kappa shape index (κ1) is 14.5. The van der Waals surface area contributed by atoms with Gasteiger partial charge in [-0.15, -0.1) is 0 Å². The molecule has 0 aliphatic heterocycles. The highest BCUT2D eigenvalue weighted by Gasteiger charge is 2.08. The predicted octanol–water partition coefficient (Wildman–Crippen LogP) is 3.74. The van der Waals surface area contributed by atoms with E-state index in [-0.39, 0.29) is 6.54 Å². The molecule has 0 radical (unpaired) electrons. The van der Waals surface area contributed by atoms with Gasteiger partial charge in [0, 0.05) is 24.8 Å². The largest absolute Gasteiger partial charge is 0.378 e. The fourth-order valence-electron chi connectivity index (χ4n) is 2.03. The highest BCUT2D eigenvalue weighted by Crippen LogP contribution is 2.16. The third kappa shape index (κ3) is 3.56. The monoisotopic (exact) mass is 279 g/mol. The Hall–Kier alpha value is -1.91. The number of nitrogens with one attached hydrogen (secondary N) is 1. The summed E-state index contributed by atoms with van der Waals surface area (Å²) in [6, 6.07) is 3.46. The van der Waals surface area contributed by atoms with Gasteiger partial charge in [-0.2, -0.15) is 5.10 Å². The molecule has 20 heavy (non-hydrogen) atoms. The molecule has 0 aliphatic carbocycles. The molecule has 0 unspecified atom stereocenters. The first-order valence-electron chi connectivity index (χ1n) is 6.67. The molecule has 5 heteroatoms. The second kappa shape index (κ2) is 6.03. The average molecular weight is 279 g/mol. The van der Waals surface area contributed by atoms with Crippen LogP contribution in [0.25, 0.3) is 0 Å². The Morgan fingerprint density at radius 3 is 2.75 bits per heavy atom. The minimum atomic E-state index is -0.435. The van der Waals surface area contributed by atoms with Crippen LogP contribution in [-0.2, 0) is 13.1 Å². The van der Waals surface area contributed by atoms with Gasteiger partial charge in [0.1, 0.15) is 11.6 Å². The summed E-state index contributed by atoms with van der Waals surface area (Å²) < 4.78 is 28.5. The second-order valence-electron chi connectivity index (χ2n) is 5.33. The number of rotatable bonds is 5. The summed E-state index contributed by atoms with van der Waals surface area (Å²) in [6.45, 7) is 7.19. The van der Waals surface area contributed by atoms with Crippen molar-refractivity contribution >= 4 is 5.69 Å². The van der Waals surface area contributed by atoms with E-state index >= 15 is 0 Å². The molecule has 1 N–H and O–H groups in total. The molecule has 3 nitrogen and oxygen atoms in total. The average Bonchev–Trinajstić information content (AvgIpc) is 2.70. The van der Waals surface area contributed by atoms with Gasteiger partial charge >= 0.3 is 0 Å². The second-order valence-corrected chi connectivity index (χ2v) is 5.33. The van der Waals surface area contributed by atoms with E-state index in [0.29, 0.717) is 11.5 Å². The van der Waals surface area contributed by atoms with Gasteiger partial charge in [-0.25, -0.2) is 8.78 Å². The molecular formula is C15H19F2N3. The van der Waals surface area contributed by atoms with Crippen molar-refractivity contribution in [2.45, 2.75) is 33.9 Å². The standard InChI is InChI=1S/C15H19F2N3/c1-10(2)8-20-9-15(11(3)19-20)18-7-12-6-13(16)4-5-14(12)17/h4-6,9-10,18H,7-8H2,1-3H3. The Labute approximate surface area is 117 Å². The quantitative estimate of drug-likeness (QED) is 0.903. The summed E-state index contributed by atoms with van der Waals surface area (Å²) >= 11 is 0. The smallest absolute Gasteiger partial charge is 0.128 e. The molecule has 0 saturated carbocycles. The fraction of sp³-hybridized carbons (Fsp3) is 0.400. The SMILES string of the molecule is Cc1nn(CC(C)C)cc1NCc1cc(F)ccc1F. The topological polar surface area (TPSA) is 29.9 Å². The number of nitrogens with zero attached hydrogens (tertiary/aromatic N) is 2. The van der Waals surface area contributed by atoms with Crippen molar-refractivity contribution in [3.63, 3.8) is 0 Å². The van der Waals surface area contributed by atoms with Gasteiger partial charge in [0.05, 0.1) is 11.4 Å². The zero-order chi connectivity index (χ0) is 14.7. The molecule has 0 atom stereocenters. The van der Waals surface area contributed by atoms with Crippen LogP contribution in [0.15, 0.2) is 24.4 Å². The van der Waals surface area contributed by atoms with E-state index < -0.39 is 11.6 Å². The summed E-state index contributed by atoms with van der Waals surface area (Å²) in [4.78, 5) is 0. The van der Waals surface area contributed by atoms with Crippen LogP contribution in [0.2, 0.25) is 0 Å². The molecule has 0 aliphatic rings. The van der Waals surface area contributed by atoms with E-state index in [1.165, 1.54) is 6.07 Å². The van der Waals surface area contributed by atoms with E-state index in [2.05, 4.69) is 24.3 Å². The predicted molar refractivity (Wildman–Crippen MR) is 75.5 cm³/mol. The number of hydrogen-bond donors (Lipinski definition) is 1. The molecule has 2 rings (SSSR count). The lowest BCUT2D eigenvalue weighted by Crippen LogP contribution is -2.04. The van der Waals surface area contributed by atoms with Crippen molar-refractivity contribution in [3.05, 3.63) is 47.3 Å². The van der Waals surface area contributed by atoms with Gasteiger partial charge < -0.3 is 5.32 Å². The molecule has 0 amide bonds. The summed E-state index contributed by atoms with van der Waals surface area (Å²) in [6.07, 6.45) is 1.90. The minimum Gasteiger partial charge on any atom is -0.378 e. The molecular weight excluding hydrogens is 260 g/mol. The summed E-state index contributed by atoms with van der Waals surface area (Å²) in [5.74, 6) is -0.343. The van der Waals surface area contributed by atoms with Crippen LogP contribution < -0.4 is 5.32 Å². The normalized spacial score (nSPS) is 11.1. The highest BCUT2D eigenvalue weighted by molar-refractivity contribution is 5.46. The van der Waals surface area contributed by atoms with Crippen molar-refractivity contribution < 1.29 is 8.78 Å². The lowest BCUT2D eigenvalue weighted by atomic mass is 10.2. The maximum absolute atomic E-state index is 13.5. The van der Waals surface area contributed by atoms with Crippen molar-refractivity contribution in [2.75, 3.05) is 5.32 Å². The van der Waals surface area contributed by atoms with Crippen LogP contribution in [0.4, 0.5) is 14.5 Å². The lowest BCUT2D eigenvalue weighted by molar-refractivity contribution is 0.481. The van der Waals surface area contributed by atoms with Gasteiger partial charge in [-0.3, -0.25) is 4.68 Å². The number of anilines is 1. The molecule has 0 fully saturated rings. The molecule has 2 aromatic rings. The molecule has 0 spiro atoms. The van der Waals surface area contributed by atoms with Crippen LogP contribution in [0.1, 0.15) is 25.1 Å². The third-order valence-electron chi connectivity index (χ3n) is 2.98. The first-order chi connectivity index (χ1) is 9.45. The molecule has 108 valence electrons. The number of hydrogen-bond acceptors (Lipinski definition) is 2. The minimum absolute atomic E-state index is 0.234. The van der Waals surface area contributed by atoms with Crippen molar-refractivity contribution in [1.29, 1.82) is 0 Å². The molecule has 0 bridgehead atoms. The number of halogens is 2. The lowest BCUT2D eigenvalue weighted by Gasteiger charge is -2.06. The third-order valence-corrected chi connectivity index (χ3v) is 2.98. The Bertz CT molecular complexity index is 591. The molecule has 1 heterocycles. The Kier molecular flexibility index (Phi) is 4.37. The van der Waals surface area contributed by atoms with Crippen LogP contribution in [0, 0.1) is 24.5 Å². The van der Waals surface area contributed by atoms with Crippen LogP contribution in [0.3, 0.4) is 0 Å². The van der Waals surface area contributed by atoms with E-state index in [1.807, 2.05) is 17.8 Å². The first-order valence-corrected chi connectivity index (χ1v) is 6.67. The Morgan fingerprint density at radius 2 is 2.05 bits per heavy atom. The van der Waals surface area contributed by atoms with E-state index in [4.69, 9.17) is 0 Å². The van der Waals surface area contributed by atoms with Crippen LogP contribution in [-0.4, -0.2) is 9.78 Å². The van der Waals surface area contributed by atoms with E-state index in [1.54, 1.807) is 0 Å². The Morgan fingerprint density at radius 1 is 1.30 bits per heavy atom. The molecule has 0 saturated heterocycles. The summed E-state index contributed by atoms with van der Waals surface area (Å²) in [5.41, 5.74) is 2.00. The van der Waals surface area contributed by atoms with Gasteiger partial charge in [0.2, 0.25) is 0 Å². The maximum Gasteiger partial charge on any atom is 0.128 e. The number of aromatic nitrogens is 2. The van der Waals surface area contributed by atoms with Gasteiger partial charge in [-0.05, 0) is 31.0 Å². The van der Waals surface area contributed by atoms with Crippen LogP contribution in [0.5, 0.6) is 0 Å².